The minimum Gasteiger partial charge on any atom is -0.394 e. The monoisotopic (exact) mass is 439 g/mol. The van der Waals surface area contributed by atoms with Crippen molar-refractivity contribution in [3.05, 3.63) is 12.7 Å². The van der Waals surface area contributed by atoms with E-state index >= 15 is 0 Å². The summed E-state index contributed by atoms with van der Waals surface area (Å²) in [5.41, 5.74) is 0. The van der Waals surface area contributed by atoms with Gasteiger partial charge in [0.1, 0.15) is 0 Å². The molecule has 2 atom stereocenters. The number of hydrogen-bond donors (Lipinski definition) is 3. The van der Waals surface area contributed by atoms with Crippen LogP contribution in [0.15, 0.2) is 12.7 Å². The van der Waals surface area contributed by atoms with Crippen molar-refractivity contribution in [3.8, 4) is 0 Å². The molecule has 0 rings (SSSR count). The number of aliphatic hydroxyl groups is 2. The summed E-state index contributed by atoms with van der Waals surface area (Å²) in [6.07, 6.45) is 20.3. The third kappa shape index (κ3) is 18.1. The number of nitrogens with one attached hydrogen (secondary N) is 1. The minimum absolute atomic E-state index is 0.232. The first kappa shape index (κ1) is 29.8. The minimum atomic E-state index is -0.817. The van der Waals surface area contributed by atoms with Gasteiger partial charge in [-0.3, -0.25) is 9.59 Å². The lowest BCUT2D eigenvalue weighted by Gasteiger charge is -2.22. The highest BCUT2D eigenvalue weighted by molar-refractivity contribution is 6.36. The Kier molecular flexibility index (Phi) is 21.2. The number of carbonyl (C=O) groups excluding carboxylic acids is 2. The van der Waals surface area contributed by atoms with Gasteiger partial charge in [-0.1, -0.05) is 96.5 Å². The van der Waals surface area contributed by atoms with Crippen molar-refractivity contribution in [3.63, 3.8) is 0 Å². The zero-order chi connectivity index (χ0) is 23.2. The fourth-order valence-corrected chi connectivity index (χ4v) is 3.77. The van der Waals surface area contributed by atoms with E-state index in [-0.39, 0.29) is 13.0 Å². The molecule has 5 nitrogen and oxygen atoms in total. The summed E-state index contributed by atoms with van der Waals surface area (Å²) < 4.78 is 0. The molecule has 0 fully saturated rings. The first-order chi connectivity index (χ1) is 15.1. The molecule has 0 saturated carbocycles. The van der Waals surface area contributed by atoms with E-state index in [0.29, 0.717) is 12.8 Å². The summed E-state index contributed by atoms with van der Waals surface area (Å²) in [5, 5.41) is 22.3. The van der Waals surface area contributed by atoms with Crippen LogP contribution in [-0.4, -0.2) is 40.7 Å². The molecule has 31 heavy (non-hydrogen) atoms. The zero-order valence-electron chi connectivity index (χ0n) is 20.1. The second kappa shape index (κ2) is 22.0. The number of unbranched alkanes of at least 4 members (excludes halogenated alkanes) is 14. The van der Waals surface area contributed by atoms with Gasteiger partial charge < -0.3 is 15.5 Å². The van der Waals surface area contributed by atoms with Gasteiger partial charge in [-0.25, -0.2) is 0 Å². The zero-order valence-corrected chi connectivity index (χ0v) is 20.1. The maximum atomic E-state index is 12.0. The molecule has 0 bridgehead atoms. The molecule has 0 aromatic heterocycles. The van der Waals surface area contributed by atoms with Crippen molar-refractivity contribution in [2.24, 2.45) is 0 Å². The molecule has 0 unspecified atom stereocenters. The molecule has 182 valence electrons. The van der Waals surface area contributed by atoms with Gasteiger partial charge in [-0.2, -0.15) is 0 Å². The van der Waals surface area contributed by atoms with E-state index in [2.05, 4.69) is 18.8 Å². The van der Waals surface area contributed by atoms with Crippen LogP contribution in [0, 0.1) is 0 Å². The third-order valence-corrected chi connectivity index (χ3v) is 5.90. The highest BCUT2D eigenvalue weighted by atomic mass is 16.3. The SMILES string of the molecule is C=CCCCCCCCCCCCCC[C@@H](O)[C@H](CO)NC(=O)C(=O)CCCCCC. The first-order valence-electron chi connectivity index (χ1n) is 12.8. The molecule has 0 aliphatic heterocycles. The number of Topliss-reactive ketones (excluding diaryl/α,β-unsaturated/α-hetero) is 1. The van der Waals surface area contributed by atoms with Crippen LogP contribution >= 0.6 is 0 Å². The molecule has 0 aliphatic rings. The molecule has 0 aromatic carbocycles. The van der Waals surface area contributed by atoms with E-state index in [1.54, 1.807) is 0 Å². The van der Waals surface area contributed by atoms with Gasteiger partial charge >= 0.3 is 0 Å². The average Bonchev–Trinajstić information content (AvgIpc) is 2.77. The summed E-state index contributed by atoms with van der Waals surface area (Å²) in [6, 6.07) is -0.765. The van der Waals surface area contributed by atoms with E-state index in [0.717, 1.165) is 44.9 Å². The van der Waals surface area contributed by atoms with Crippen LogP contribution in [0.4, 0.5) is 0 Å². The van der Waals surface area contributed by atoms with Crippen LogP contribution in [0.2, 0.25) is 0 Å². The van der Waals surface area contributed by atoms with Crippen molar-refractivity contribution in [2.45, 2.75) is 135 Å². The van der Waals surface area contributed by atoms with Gasteiger partial charge in [0.25, 0.3) is 5.91 Å². The Hall–Kier alpha value is -1.20. The van der Waals surface area contributed by atoms with Gasteiger partial charge in [0.15, 0.2) is 0 Å². The van der Waals surface area contributed by atoms with Crippen LogP contribution in [0.3, 0.4) is 0 Å². The second-order valence-corrected chi connectivity index (χ2v) is 8.82. The number of rotatable bonds is 23. The number of carbonyl (C=O) groups is 2. The fourth-order valence-electron chi connectivity index (χ4n) is 3.77. The molecule has 0 saturated heterocycles. The van der Waals surface area contributed by atoms with Crippen molar-refractivity contribution in [1.29, 1.82) is 0 Å². The van der Waals surface area contributed by atoms with Crippen molar-refractivity contribution >= 4 is 11.7 Å². The normalized spacial score (nSPS) is 13.0. The van der Waals surface area contributed by atoms with Crippen molar-refractivity contribution in [1.82, 2.24) is 5.32 Å². The number of hydrogen-bond acceptors (Lipinski definition) is 4. The Morgan fingerprint density at radius 1 is 0.839 bits per heavy atom. The Morgan fingerprint density at radius 3 is 1.87 bits per heavy atom. The molecule has 0 aliphatic carbocycles. The molecule has 5 heteroatoms. The predicted octanol–water partition coefficient (Wildman–Crippen LogP) is 5.62. The van der Waals surface area contributed by atoms with Crippen LogP contribution in [-0.2, 0) is 9.59 Å². The summed E-state index contributed by atoms with van der Waals surface area (Å²) in [6.45, 7) is 5.49. The number of amides is 1. The predicted molar refractivity (Wildman–Crippen MR) is 129 cm³/mol. The molecular formula is C26H49NO4. The van der Waals surface area contributed by atoms with Crippen molar-refractivity contribution in [2.75, 3.05) is 6.61 Å². The van der Waals surface area contributed by atoms with Crippen LogP contribution in [0.25, 0.3) is 0 Å². The standard InChI is InChI=1S/C26H49NO4/c1-3-5-7-9-10-11-12-13-14-15-16-17-19-20-24(29)23(22-28)27-26(31)25(30)21-18-8-6-4-2/h3,23-24,28-29H,1,4-22H2,2H3,(H,27,31)/t23-,24+/m0/s1. The maximum Gasteiger partial charge on any atom is 0.287 e. The topological polar surface area (TPSA) is 86.6 Å². The van der Waals surface area contributed by atoms with E-state index in [1.807, 2.05) is 6.08 Å². The molecule has 0 spiro atoms. The van der Waals surface area contributed by atoms with Gasteiger partial charge in [-0.15, -0.1) is 6.58 Å². The van der Waals surface area contributed by atoms with E-state index in [9.17, 15) is 19.8 Å². The smallest absolute Gasteiger partial charge is 0.287 e. The van der Waals surface area contributed by atoms with E-state index in [1.165, 1.54) is 51.4 Å². The Balaban J connectivity index is 3.72. The number of allylic oxidation sites excluding steroid dienone is 1. The van der Waals surface area contributed by atoms with Crippen LogP contribution in [0.1, 0.15) is 122 Å². The van der Waals surface area contributed by atoms with Gasteiger partial charge in [0.2, 0.25) is 5.78 Å². The number of aliphatic hydroxyl groups excluding tert-OH is 2. The Labute approximate surface area is 191 Å². The molecule has 0 heterocycles. The van der Waals surface area contributed by atoms with Gasteiger partial charge in [0, 0.05) is 6.42 Å². The Morgan fingerprint density at radius 2 is 1.35 bits per heavy atom. The number of ketones is 1. The van der Waals surface area contributed by atoms with Gasteiger partial charge in [0.05, 0.1) is 18.8 Å². The van der Waals surface area contributed by atoms with E-state index in [4.69, 9.17) is 0 Å². The highest BCUT2D eigenvalue weighted by Gasteiger charge is 2.23. The van der Waals surface area contributed by atoms with Gasteiger partial charge in [-0.05, 0) is 25.7 Å². The van der Waals surface area contributed by atoms with Crippen molar-refractivity contribution < 1.29 is 19.8 Å². The fraction of sp³-hybridized carbons (Fsp3) is 0.846. The lowest BCUT2D eigenvalue weighted by atomic mass is 10.0. The first-order valence-corrected chi connectivity index (χ1v) is 12.8. The summed E-state index contributed by atoms with van der Waals surface area (Å²) in [5.74, 6) is -1.14. The molecule has 3 N–H and O–H groups in total. The quantitative estimate of drug-likeness (QED) is 0.109. The molecule has 1 amide bonds. The van der Waals surface area contributed by atoms with Crippen LogP contribution in [0.5, 0.6) is 0 Å². The molecule has 0 radical (unpaired) electrons. The average molecular weight is 440 g/mol. The lowest BCUT2D eigenvalue weighted by Crippen LogP contribution is -2.48. The molecule has 0 aromatic rings. The van der Waals surface area contributed by atoms with E-state index < -0.39 is 23.8 Å². The Bertz CT molecular complexity index is 453. The van der Waals surface area contributed by atoms with Crippen LogP contribution < -0.4 is 5.32 Å². The maximum absolute atomic E-state index is 12.0. The lowest BCUT2D eigenvalue weighted by molar-refractivity contribution is -0.139. The third-order valence-electron chi connectivity index (χ3n) is 5.90. The largest absolute Gasteiger partial charge is 0.394 e. The highest BCUT2D eigenvalue weighted by Crippen LogP contribution is 2.14. The molecular weight excluding hydrogens is 390 g/mol. The summed E-state index contributed by atoms with van der Waals surface area (Å²) in [4.78, 5) is 23.9. The summed E-state index contributed by atoms with van der Waals surface area (Å²) in [7, 11) is 0. The second-order valence-electron chi connectivity index (χ2n) is 8.82. The summed E-state index contributed by atoms with van der Waals surface area (Å²) >= 11 is 0.